The zero-order chi connectivity index (χ0) is 27.6. The Hall–Kier alpha value is -4.60. The van der Waals surface area contributed by atoms with E-state index in [0.29, 0.717) is 23.4 Å². The Morgan fingerprint density at radius 3 is 2.45 bits per heavy atom. The molecule has 0 aliphatic carbocycles. The van der Waals surface area contributed by atoms with Gasteiger partial charge in [-0.2, -0.15) is 23.3 Å². The molecule has 1 aliphatic heterocycles. The normalized spacial score (nSPS) is 14.7. The van der Waals surface area contributed by atoms with Crippen LogP contribution in [0.5, 0.6) is 5.75 Å². The number of para-hydroxylation sites is 1. The number of phenolic OH excluding ortho intramolecular Hbond substituents is 1. The van der Waals surface area contributed by atoms with Crippen LogP contribution in [0.15, 0.2) is 77.5 Å². The Bertz CT molecular complexity index is 1480. The molecule has 3 aromatic carbocycles. The lowest BCUT2D eigenvalue weighted by molar-refractivity contribution is -0.114. The second-order valence-electron chi connectivity index (χ2n) is 8.86. The van der Waals surface area contributed by atoms with Crippen molar-refractivity contribution in [3.8, 4) is 5.75 Å². The number of halogens is 3. The summed E-state index contributed by atoms with van der Waals surface area (Å²) in [7, 11) is 0. The van der Waals surface area contributed by atoms with Crippen molar-refractivity contribution in [2.45, 2.75) is 32.9 Å². The lowest BCUT2D eigenvalue weighted by Gasteiger charge is -2.13. The molecule has 1 aliphatic rings. The second kappa shape index (κ2) is 10.4. The van der Waals surface area contributed by atoms with Crippen LogP contribution in [0.25, 0.3) is 0 Å². The number of carbonyl (C=O) groups is 2. The van der Waals surface area contributed by atoms with Gasteiger partial charge >= 0.3 is 12.1 Å². The number of aromatic hydroxyl groups is 1. The number of hydrogen-bond acceptors (Lipinski definition) is 5. The number of hydrogen-bond donors (Lipinski definition) is 3. The summed E-state index contributed by atoms with van der Waals surface area (Å²) < 4.78 is 41.3. The van der Waals surface area contributed by atoms with Gasteiger partial charge in [0.05, 0.1) is 22.5 Å². The lowest BCUT2D eigenvalue weighted by atomic mass is 9.98. The molecule has 1 heterocycles. The highest BCUT2D eigenvalue weighted by Gasteiger charge is 2.47. The number of phenols is 1. The fourth-order valence-corrected chi connectivity index (χ4v) is 4.10. The summed E-state index contributed by atoms with van der Waals surface area (Å²) in [5.74, 6) is -2.54. The fourth-order valence-electron chi connectivity index (χ4n) is 4.10. The minimum absolute atomic E-state index is 0.122. The molecule has 3 aromatic rings. The lowest BCUT2D eigenvalue weighted by Crippen LogP contribution is -2.26. The zero-order valence-electron chi connectivity index (χ0n) is 20.5. The van der Waals surface area contributed by atoms with E-state index in [2.05, 4.69) is 16.5 Å². The molecular formula is C28H24F3N3O4. The number of amides is 1. The molecule has 196 valence electrons. The smallest absolute Gasteiger partial charge is 0.435 e. The molecule has 0 fully saturated rings. The third-order valence-electron chi connectivity index (χ3n) is 6.14. The van der Waals surface area contributed by atoms with E-state index in [-0.39, 0.29) is 22.7 Å². The van der Waals surface area contributed by atoms with Gasteiger partial charge in [-0.05, 0) is 67.6 Å². The number of nitrogens with zero attached hydrogens (tertiary/aromatic N) is 2. The van der Waals surface area contributed by atoms with Crippen LogP contribution in [0.1, 0.15) is 32.6 Å². The number of carboxylic acid groups (broad SMARTS) is 1. The van der Waals surface area contributed by atoms with E-state index in [4.69, 9.17) is 0 Å². The number of aryl methyl sites for hydroxylation is 4. The van der Waals surface area contributed by atoms with Gasteiger partial charge in [0.1, 0.15) is 5.75 Å². The quantitative estimate of drug-likeness (QED) is 0.270. The highest BCUT2D eigenvalue weighted by atomic mass is 19.4. The Morgan fingerprint density at radius 2 is 1.74 bits per heavy atom. The highest BCUT2D eigenvalue weighted by molar-refractivity contribution is 6.32. The number of rotatable bonds is 7. The molecule has 1 amide bonds. The van der Waals surface area contributed by atoms with E-state index in [1.54, 1.807) is 12.1 Å². The number of anilines is 2. The van der Waals surface area contributed by atoms with Crippen molar-refractivity contribution in [3.63, 3.8) is 0 Å². The van der Waals surface area contributed by atoms with Crippen LogP contribution in [0.2, 0.25) is 0 Å². The Morgan fingerprint density at radius 1 is 1.03 bits per heavy atom. The summed E-state index contributed by atoms with van der Waals surface area (Å²) >= 11 is 0. The number of alkyl halides is 3. The largest absolute Gasteiger partial charge is 0.505 e. The third kappa shape index (κ3) is 5.54. The van der Waals surface area contributed by atoms with E-state index >= 15 is 0 Å². The van der Waals surface area contributed by atoms with Gasteiger partial charge in [-0.1, -0.05) is 42.0 Å². The standard InChI is InChI=1S/C28H24F3N3O4/c1-16-9-10-17(2)19(13-16)12-11-18-5-4-8-23(24(18)35)32-15-22-25(28(29,30)31)33-34(26(22)36)21-7-3-6-20(14-21)27(37)38/h3-10,13-15,32,35H,11-12H2,1-2H3,(H,37,38)/b22-15-. The average Bonchev–Trinajstić information content (AvgIpc) is 3.21. The first kappa shape index (κ1) is 26.5. The van der Waals surface area contributed by atoms with Gasteiger partial charge in [0.2, 0.25) is 0 Å². The van der Waals surface area contributed by atoms with Gasteiger partial charge in [-0.25, -0.2) is 4.79 Å². The molecule has 0 atom stereocenters. The number of benzene rings is 3. The molecule has 0 saturated carbocycles. The monoisotopic (exact) mass is 523 g/mol. The predicted octanol–water partition coefficient (Wildman–Crippen LogP) is 5.75. The molecule has 38 heavy (non-hydrogen) atoms. The molecule has 0 radical (unpaired) electrons. The van der Waals surface area contributed by atoms with Crippen LogP contribution in [-0.2, 0) is 17.6 Å². The predicted molar refractivity (Wildman–Crippen MR) is 138 cm³/mol. The maximum absolute atomic E-state index is 13.8. The fraction of sp³-hybridized carbons (Fsp3) is 0.179. The molecule has 0 spiro atoms. The molecule has 4 rings (SSSR count). The first-order valence-electron chi connectivity index (χ1n) is 11.6. The van der Waals surface area contributed by atoms with E-state index < -0.39 is 29.3 Å². The highest BCUT2D eigenvalue weighted by Crippen LogP contribution is 2.33. The molecular weight excluding hydrogens is 499 g/mol. The van der Waals surface area contributed by atoms with Crippen LogP contribution in [0, 0.1) is 13.8 Å². The van der Waals surface area contributed by atoms with Crippen LogP contribution >= 0.6 is 0 Å². The maximum Gasteiger partial charge on any atom is 0.435 e. The summed E-state index contributed by atoms with van der Waals surface area (Å²) in [6.45, 7) is 3.99. The summed E-state index contributed by atoms with van der Waals surface area (Å²) in [5, 5.41) is 26.5. The zero-order valence-corrected chi connectivity index (χ0v) is 20.5. The second-order valence-corrected chi connectivity index (χ2v) is 8.86. The van der Waals surface area contributed by atoms with Gasteiger partial charge in [-0.3, -0.25) is 4.79 Å². The van der Waals surface area contributed by atoms with Crippen molar-refractivity contribution < 1.29 is 33.0 Å². The SMILES string of the molecule is Cc1ccc(C)c(CCc2cccc(N/C=C3\C(=O)N(c4cccc(C(=O)O)c4)N=C3C(F)(F)F)c2O)c1. The summed E-state index contributed by atoms with van der Waals surface area (Å²) in [6.07, 6.45) is -2.97. The van der Waals surface area contributed by atoms with Gasteiger partial charge in [-0.15, -0.1) is 0 Å². The summed E-state index contributed by atoms with van der Waals surface area (Å²) in [6, 6.07) is 15.8. The van der Waals surface area contributed by atoms with Crippen molar-refractivity contribution in [1.82, 2.24) is 0 Å². The third-order valence-corrected chi connectivity index (χ3v) is 6.14. The van der Waals surface area contributed by atoms with Gasteiger partial charge in [0.15, 0.2) is 5.71 Å². The van der Waals surface area contributed by atoms with E-state index in [9.17, 15) is 33.0 Å². The number of carbonyl (C=O) groups excluding carboxylic acids is 1. The Kier molecular flexibility index (Phi) is 7.25. The van der Waals surface area contributed by atoms with Crippen molar-refractivity contribution in [3.05, 3.63) is 100 Å². The number of hydrazone groups is 1. The van der Waals surface area contributed by atoms with Crippen LogP contribution in [0.4, 0.5) is 24.5 Å². The van der Waals surface area contributed by atoms with Crippen molar-refractivity contribution >= 4 is 29.0 Å². The first-order chi connectivity index (χ1) is 18.0. The van der Waals surface area contributed by atoms with Gasteiger partial charge < -0.3 is 15.5 Å². The van der Waals surface area contributed by atoms with Crippen molar-refractivity contribution in [2.75, 3.05) is 10.3 Å². The molecule has 3 N–H and O–H groups in total. The van der Waals surface area contributed by atoms with Crippen molar-refractivity contribution in [1.29, 1.82) is 0 Å². The molecule has 0 unspecified atom stereocenters. The van der Waals surface area contributed by atoms with E-state index in [0.717, 1.165) is 29.0 Å². The Balaban J connectivity index is 1.59. The molecule has 0 bridgehead atoms. The van der Waals surface area contributed by atoms with Crippen LogP contribution in [0.3, 0.4) is 0 Å². The number of carboxylic acids is 1. The van der Waals surface area contributed by atoms with Gasteiger partial charge in [0.25, 0.3) is 5.91 Å². The summed E-state index contributed by atoms with van der Waals surface area (Å²) in [4.78, 5) is 24.2. The maximum atomic E-state index is 13.8. The van der Waals surface area contributed by atoms with Gasteiger partial charge in [0, 0.05) is 6.20 Å². The van der Waals surface area contributed by atoms with E-state index in [1.807, 2.05) is 26.0 Å². The number of nitrogens with one attached hydrogen (secondary N) is 1. The van der Waals surface area contributed by atoms with E-state index in [1.165, 1.54) is 24.3 Å². The van der Waals surface area contributed by atoms with Crippen molar-refractivity contribution in [2.24, 2.45) is 5.10 Å². The number of aromatic carboxylic acids is 1. The Labute approximate surface area is 216 Å². The first-order valence-corrected chi connectivity index (χ1v) is 11.6. The molecule has 7 nitrogen and oxygen atoms in total. The molecule has 0 aromatic heterocycles. The minimum Gasteiger partial charge on any atom is -0.505 e. The minimum atomic E-state index is -4.96. The average molecular weight is 524 g/mol. The summed E-state index contributed by atoms with van der Waals surface area (Å²) in [5.41, 5.74) is 1.50. The van der Waals surface area contributed by atoms with Crippen LogP contribution < -0.4 is 10.3 Å². The topological polar surface area (TPSA) is 102 Å². The molecule has 0 saturated heterocycles. The van der Waals surface area contributed by atoms with Crippen LogP contribution in [-0.4, -0.2) is 34.0 Å². The molecule has 10 heteroatoms.